The molecule has 7 heteroatoms. The van der Waals surface area contributed by atoms with E-state index >= 15 is 0 Å². The van der Waals surface area contributed by atoms with E-state index in [2.05, 4.69) is 9.44 Å². The maximum Gasteiger partial charge on any atom is 0.276 e. The molecule has 0 aliphatic rings. The number of nitrogens with two attached hydrogens (primary N) is 1. The van der Waals surface area contributed by atoms with E-state index in [4.69, 9.17) is 10.8 Å². The first-order valence-electron chi connectivity index (χ1n) is 4.92. The van der Waals surface area contributed by atoms with Crippen LogP contribution in [0.4, 0.5) is 0 Å². The molecule has 6 nitrogen and oxygen atoms in total. The highest BCUT2D eigenvalue weighted by molar-refractivity contribution is 7.87. The van der Waals surface area contributed by atoms with E-state index in [0.29, 0.717) is 6.54 Å². The maximum atomic E-state index is 11.3. The molecule has 2 unspecified atom stereocenters. The zero-order chi connectivity index (χ0) is 12.1. The average molecular weight is 239 g/mol. The van der Waals surface area contributed by atoms with Crippen molar-refractivity contribution in [3.05, 3.63) is 0 Å². The zero-order valence-corrected chi connectivity index (χ0v) is 10.2. The normalized spacial score (nSPS) is 16.7. The summed E-state index contributed by atoms with van der Waals surface area (Å²) in [6, 6.07) is -0.597. The van der Waals surface area contributed by atoms with Crippen molar-refractivity contribution in [2.45, 2.75) is 32.9 Å². The summed E-state index contributed by atoms with van der Waals surface area (Å²) in [6.07, 6.45) is -0.738. The first-order chi connectivity index (χ1) is 6.74. The molecule has 0 aromatic heterocycles. The largest absolute Gasteiger partial charge is 0.392 e. The molecule has 0 aromatic carbocycles. The minimum absolute atomic E-state index is 0.0189. The van der Waals surface area contributed by atoms with Crippen LogP contribution in [0.3, 0.4) is 0 Å². The molecule has 0 spiro atoms. The number of hydrogen-bond donors (Lipinski definition) is 4. The molecular weight excluding hydrogens is 218 g/mol. The van der Waals surface area contributed by atoms with Gasteiger partial charge in [0.05, 0.1) is 6.10 Å². The highest BCUT2D eigenvalue weighted by Crippen LogP contribution is 1.90. The number of aliphatic hydroxyl groups is 1. The van der Waals surface area contributed by atoms with Crippen molar-refractivity contribution >= 4 is 10.2 Å². The highest BCUT2D eigenvalue weighted by Gasteiger charge is 2.14. The molecule has 0 saturated heterocycles. The van der Waals surface area contributed by atoms with Gasteiger partial charge in [-0.3, -0.25) is 0 Å². The second-order valence-electron chi connectivity index (χ2n) is 4.00. The SMILES string of the molecule is CC(C)CNS(=O)(=O)NCC(N)C(C)O. The Hall–Kier alpha value is -0.210. The molecule has 0 saturated carbocycles. The Morgan fingerprint density at radius 3 is 2.07 bits per heavy atom. The molecule has 0 aliphatic carbocycles. The van der Waals surface area contributed by atoms with Crippen molar-refractivity contribution < 1.29 is 13.5 Å². The van der Waals surface area contributed by atoms with Gasteiger partial charge in [0, 0.05) is 19.1 Å². The van der Waals surface area contributed by atoms with Crippen molar-refractivity contribution in [1.82, 2.24) is 9.44 Å². The highest BCUT2D eigenvalue weighted by atomic mass is 32.2. The summed E-state index contributed by atoms with van der Waals surface area (Å²) in [6.45, 7) is 5.72. The predicted octanol–water partition coefficient (Wildman–Crippen LogP) is -1.23. The Balaban J connectivity index is 3.94. The van der Waals surface area contributed by atoms with Crippen molar-refractivity contribution in [1.29, 1.82) is 0 Å². The van der Waals surface area contributed by atoms with Gasteiger partial charge in [-0.1, -0.05) is 13.8 Å². The molecule has 0 bridgehead atoms. The van der Waals surface area contributed by atoms with E-state index in [1.807, 2.05) is 13.8 Å². The Morgan fingerprint density at radius 1 is 1.20 bits per heavy atom. The molecule has 92 valence electrons. The van der Waals surface area contributed by atoms with Crippen molar-refractivity contribution in [3.63, 3.8) is 0 Å². The monoisotopic (exact) mass is 239 g/mol. The summed E-state index contributed by atoms with van der Waals surface area (Å²) in [5.41, 5.74) is 5.47. The van der Waals surface area contributed by atoms with Gasteiger partial charge in [-0.05, 0) is 12.8 Å². The fourth-order valence-corrected chi connectivity index (χ4v) is 1.77. The van der Waals surface area contributed by atoms with E-state index in [-0.39, 0.29) is 12.5 Å². The predicted molar refractivity (Wildman–Crippen MR) is 59.4 cm³/mol. The van der Waals surface area contributed by atoms with Gasteiger partial charge >= 0.3 is 0 Å². The van der Waals surface area contributed by atoms with Crippen LogP contribution in [0.25, 0.3) is 0 Å². The minimum Gasteiger partial charge on any atom is -0.392 e. The van der Waals surface area contributed by atoms with Crippen LogP contribution in [0.5, 0.6) is 0 Å². The number of hydrogen-bond acceptors (Lipinski definition) is 4. The second-order valence-corrected chi connectivity index (χ2v) is 5.58. The Kier molecular flexibility index (Phi) is 6.30. The molecule has 15 heavy (non-hydrogen) atoms. The third-order valence-corrected chi connectivity index (χ3v) is 2.90. The van der Waals surface area contributed by atoms with Gasteiger partial charge < -0.3 is 10.8 Å². The third kappa shape index (κ3) is 7.69. The van der Waals surface area contributed by atoms with E-state index in [0.717, 1.165) is 0 Å². The van der Waals surface area contributed by atoms with Gasteiger partial charge in [0.25, 0.3) is 10.2 Å². The van der Waals surface area contributed by atoms with Crippen LogP contribution in [0, 0.1) is 5.92 Å². The molecule has 0 amide bonds. The summed E-state index contributed by atoms with van der Waals surface area (Å²) in [7, 11) is -3.50. The van der Waals surface area contributed by atoms with Gasteiger partial charge in [0.2, 0.25) is 0 Å². The lowest BCUT2D eigenvalue weighted by molar-refractivity contribution is 0.164. The van der Waals surface area contributed by atoms with Gasteiger partial charge in [-0.15, -0.1) is 0 Å². The quantitative estimate of drug-likeness (QED) is 0.447. The van der Waals surface area contributed by atoms with E-state index < -0.39 is 22.4 Å². The first-order valence-corrected chi connectivity index (χ1v) is 6.41. The van der Waals surface area contributed by atoms with Crippen molar-refractivity contribution in [2.75, 3.05) is 13.1 Å². The fraction of sp³-hybridized carbons (Fsp3) is 1.00. The maximum absolute atomic E-state index is 11.3. The van der Waals surface area contributed by atoms with Crippen LogP contribution >= 0.6 is 0 Å². The lowest BCUT2D eigenvalue weighted by Gasteiger charge is -2.16. The third-order valence-electron chi connectivity index (χ3n) is 1.81. The number of rotatable bonds is 7. The van der Waals surface area contributed by atoms with E-state index in [1.54, 1.807) is 0 Å². The molecule has 2 atom stereocenters. The molecule has 5 N–H and O–H groups in total. The van der Waals surface area contributed by atoms with Gasteiger partial charge in [-0.25, -0.2) is 9.44 Å². The van der Waals surface area contributed by atoms with Gasteiger partial charge in [-0.2, -0.15) is 8.42 Å². The van der Waals surface area contributed by atoms with Crippen LogP contribution < -0.4 is 15.2 Å². The van der Waals surface area contributed by atoms with Crippen LogP contribution in [-0.4, -0.2) is 38.8 Å². The Labute approximate surface area is 91.4 Å². The van der Waals surface area contributed by atoms with Gasteiger partial charge in [0.15, 0.2) is 0 Å². The summed E-state index contributed by atoms with van der Waals surface area (Å²) in [5, 5.41) is 9.06. The summed E-state index contributed by atoms with van der Waals surface area (Å²) >= 11 is 0. The van der Waals surface area contributed by atoms with E-state index in [1.165, 1.54) is 6.92 Å². The molecule has 0 radical (unpaired) electrons. The summed E-state index contributed by atoms with van der Waals surface area (Å²) < 4.78 is 27.3. The first kappa shape index (κ1) is 14.8. The summed E-state index contributed by atoms with van der Waals surface area (Å²) in [5.74, 6) is 0.243. The standard InChI is InChI=1S/C8H21N3O3S/c1-6(2)4-10-15(13,14)11-5-8(9)7(3)12/h6-8,10-12H,4-5,9H2,1-3H3. The minimum atomic E-state index is -3.50. The summed E-state index contributed by atoms with van der Waals surface area (Å²) in [4.78, 5) is 0. The number of nitrogens with one attached hydrogen (secondary N) is 2. The fourth-order valence-electron chi connectivity index (χ4n) is 0.704. The molecule has 0 aromatic rings. The van der Waals surface area contributed by atoms with Crippen molar-refractivity contribution in [3.8, 4) is 0 Å². The average Bonchev–Trinajstić information content (AvgIpc) is 2.11. The Bertz CT molecular complexity index is 264. The Morgan fingerprint density at radius 2 is 1.67 bits per heavy atom. The van der Waals surface area contributed by atoms with Gasteiger partial charge in [0.1, 0.15) is 0 Å². The smallest absolute Gasteiger partial charge is 0.276 e. The second kappa shape index (κ2) is 6.39. The molecule has 0 rings (SSSR count). The zero-order valence-electron chi connectivity index (χ0n) is 9.40. The van der Waals surface area contributed by atoms with Crippen LogP contribution in [0.1, 0.15) is 20.8 Å². The van der Waals surface area contributed by atoms with E-state index in [9.17, 15) is 8.42 Å². The van der Waals surface area contributed by atoms with Crippen LogP contribution in [-0.2, 0) is 10.2 Å². The van der Waals surface area contributed by atoms with Crippen LogP contribution in [0.15, 0.2) is 0 Å². The lowest BCUT2D eigenvalue weighted by atomic mass is 10.2. The molecule has 0 heterocycles. The molecule has 0 aliphatic heterocycles. The van der Waals surface area contributed by atoms with Crippen LogP contribution in [0.2, 0.25) is 0 Å². The lowest BCUT2D eigenvalue weighted by Crippen LogP contribution is -2.47. The van der Waals surface area contributed by atoms with Crippen molar-refractivity contribution in [2.24, 2.45) is 11.7 Å². The topological polar surface area (TPSA) is 104 Å². The molecule has 0 fully saturated rings. The number of aliphatic hydroxyl groups excluding tert-OH is 1. The molecular formula is C8H21N3O3S.